The van der Waals surface area contributed by atoms with Crippen molar-refractivity contribution < 1.29 is 19.6 Å². The molecular formula is C12H15NO5. The van der Waals surface area contributed by atoms with E-state index in [1.807, 2.05) is 13.8 Å². The van der Waals surface area contributed by atoms with Gasteiger partial charge in [-0.25, -0.2) is 0 Å². The van der Waals surface area contributed by atoms with Crippen LogP contribution < -0.4 is 4.74 Å². The number of aliphatic carboxylic acids is 1. The van der Waals surface area contributed by atoms with Crippen molar-refractivity contribution in [3.63, 3.8) is 0 Å². The highest BCUT2D eigenvalue weighted by atomic mass is 16.6. The molecule has 1 aromatic rings. The van der Waals surface area contributed by atoms with Gasteiger partial charge in [0.2, 0.25) is 0 Å². The van der Waals surface area contributed by atoms with Gasteiger partial charge in [0.25, 0.3) is 0 Å². The lowest BCUT2D eigenvalue weighted by Gasteiger charge is -2.12. The van der Waals surface area contributed by atoms with Crippen LogP contribution in [0.15, 0.2) is 18.2 Å². The number of carbonyl (C=O) groups is 1. The number of nitro groups is 1. The molecule has 6 nitrogen and oxygen atoms in total. The van der Waals surface area contributed by atoms with Crippen molar-refractivity contribution in [1.82, 2.24) is 0 Å². The van der Waals surface area contributed by atoms with Gasteiger partial charge in [-0.05, 0) is 25.0 Å². The fraction of sp³-hybridized carbons (Fsp3) is 0.417. The molecule has 1 atom stereocenters. The quantitative estimate of drug-likeness (QED) is 0.621. The van der Waals surface area contributed by atoms with Crippen LogP contribution in [0.2, 0.25) is 0 Å². The first-order valence-corrected chi connectivity index (χ1v) is 5.59. The van der Waals surface area contributed by atoms with E-state index in [0.29, 0.717) is 5.56 Å². The van der Waals surface area contributed by atoms with Crippen LogP contribution in [0.25, 0.3) is 0 Å². The molecule has 0 bridgehead atoms. The van der Waals surface area contributed by atoms with Gasteiger partial charge < -0.3 is 9.84 Å². The van der Waals surface area contributed by atoms with E-state index in [1.54, 1.807) is 0 Å². The summed E-state index contributed by atoms with van der Waals surface area (Å²) in [5.74, 6) is -0.858. The third-order valence-electron chi connectivity index (χ3n) is 2.48. The van der Waals surface area contributed by atoms with Crippen LogP contribution in [-0.4, -0.2) is 22.1 Å². The molecule has 0 aliphatic heterocycles. The Morgan fingerprint density at radius 3 is 2.72 bits per heavy atom. The minimum atomic E-state index is -1.03. The number of nitro benzene ring substituents is 1. The molecule has 0 aliphatic rings. The topological polar surface area (TPSA) is 89.7 Å². The number of rotatable bonds is 6. The van der Waals surface area contributed by atoms with E-state index in [-0.39, 0.29) is 24.0 Å². The van der Waals surface area contributed by atoms with E-state index in [0.717, 1.165) is 6.42 Å². The maximum Gasteiger partial charge on any atom is 0.311 e. The maximum atomic E-state index is 10.9. The van der Waals surface area contributed by atoms with E-state index in [2.05, 4.69) is 0 Å². The Morgan fingerprint density at radius 2 is 2.22 bits per heavy atom. The summed E-state index contributed by atoms with van der Waals surface area (Å²) in [6.07, 6.45) is 0.354. The number of hydrogen-bond acceptors (Lipinski definition) is 4. The van der Waals surface area contributed by atoms with Crippen LogP contribution in [0, 0.1) is 10.1 Å². The number of carboxylic acids is 1. The first-order chi connectivity index (χ1) is 8.43. The average Bonchev–Trinajstić information content (AvgIpc) is 2.29. The van der Waals surface area contributed by atoms with Crippen LogP contribution in [-0.2, 0) is 11.2 Å². The van der Waals surface area contributed by atoms with Gasteiger partial charge in [-0.15, -0.1) is 0 Å². The highest BCUT2D eigenvalue weighted by Gasteiger charge is 2.18. The summed E-state index contributed by atoms with van der Waals surface area (Å²) in [5.41, 5.74) is 0.180. The van der Waals surface area contributed by atoms with E-state index in [1.165, 1.54) is 18.2 Å². The lowest BCUT2D eigenvalue weighted by Crippen LogP contribution is -2.11. The van der Waals surface area contributed by atoms with Crippen molar-refractivity contribution in [1.29, 1.82) is 0 Å². The zero-order valence-corrected chi connectivity index (χ0v) is 10.3. The highest BCUT2D eigenvalue weighted by Crippen LogP contribution is 2.29. The number of carboxylic acid groups (broad SMARTS) is 1. The minimum Gasteiger partial charge on any atom is -0.484 e. The first kappa shape index (κ1) is 14.0. The maximum absolute atomic E-state index is 10.9. The van der Waals surface area contributed by atoms with Gasteiger partial charge in [0.1, 0.15) is 0 Å². The molecule has 1 unspecified atom stereocenters. The molecule has 6 heteroatoms. The van der Waals surface area contributed by atoms with Crippen molar-refractivity contribution >= 4 is 11.7 Å². The van der Waals surface area contributed by atoms with Crippen LogP contribution >= 0.6 is 0 Å². The summed E-state index contributed by atoms with van der Waals surface area (Å²) in [4.78, 5) is 20.9. The Hall–Kier alpha value is -2.11. The predicted molar refractivity (Wildman–Crippen MR) is 64.8 cm³/mol. The Bertz CT molecular complexity index is 458. The van der Waals surface area contributed by atoms with Gasteiger partial charge in [-0.2, -0.15) is 0 Å². The number of ether oxygens (including phenoxy) is 1. The third kappa shape index (κ3) is 3.73. The van der Waals surface area contributed by atoms with Crippen LogP contribution in [0.1, 0.15) is 25.8 Å². The molecule has 0 aromatic heterocycles. The Balaban J connectivity index is 3.04. The first-order valence-electron chi connectivity index (χ1n) is 5.59. The number of nitrogens with zero attached hydrogens (tertiary/aromatic N) is 1. The molecule has 0 amide bonds. The van der Waals surface area contributed by atoms with Crippen molar-refractivity contribution in [3.05, 3.63) is 33.9 Å². The summed E-state index contributed by atoms with van der Waals surface area (Å²) in [5, 5.41) is 19.6. The fourth-order valence-corrected chi connectivity index (χ4v) is 1.39. The Labute approximate surface area is 104 Å². The van der Waals surface area contributed by atoms with Gasteiger partial charge >= 0.3 is 11.7 Å². The number of hydrogen-bond donors (Lipinski definition) is 1. The molecule has 98 valence electrons. The molecule has 0 saturated heterocycles. The van der Waals surface area contributed by atoms with Gasteiger partial charge in [0.05, 0.1) is 17.4 Å². The molecule has 0 heterocycles. The van der Waals surface area contributed by atoms with Crippen molar-refractivity contribution in [2.75, 3.05) is 0 Å². The second kappa shape index (κ2) is 6.00. The normalized spacial score (nSPS) is 11.9. The largest absolute Gasteiger partial charge is 0.484 e. The molecule has 0 aliphatic carbocycles. The summed E-state index contributed by atoms with van der Waals surface area (Å²) in [6, 6.07) is 4.22. The zero-order valence-electron chi connectivity index (χ0n) is 10.3. The molecular weight excluding hydrogens is 238 g/mol. The third-order valence-corrected chi connectivity index (χ3v) is 2.48. The van der Waals surface area contributed by atoms with Gasteiger partial charge in [0, 0.05) is 6.07 Å². The van der Waals surface area contributed by atoms with Crippen LogP contribution in [0.4, 0.5) is 5.69 Å². The predicted octanol–water partition coefficient (Wildman–Crippen LogP) is 2.40. The highest BCUT2D eigenvalue weighted by molar-refractivity contribution is 5.71. The summed E-state index contributed by atoms with van der Waals surface area (Å²) in [7, 11) is 0. The van der Waals surface area contributed by atoms with Crippen molar-refractivity contribution in [2.45, 2.75) is 32.8 Å². The SMILES string of the molecule is CCC(C)Oc1ccc(CC(=O)O)cc1[N+](=O)[O-]. The molecule has 0 fully saturated rings. The summed E-state index contributed by atoms with van der Waals surface area (Å²) in [6.45, 7) is 3.73. The molecule has 1 rings (SSSR count). The summed E-state index contributed by atoms with van der Waals surface area (Å²) < 4.78 is 5.43. The van der Waals surface area contributed by atoms with Crippen molar-refractivity contribution in [2.24, 2.45) is 0 Å². The monoisotopic (exact) mass is 253 g/mol. The molecule has 18 heavy (non-hydrogen) atoms. The Morgan fingerprint density at radius 1 is 1.56 bits per heavy atom. The average molecular weight is 253 g/mol. The van der Waals surface area contributed by atoms with Gasteiger partial charge in [-0.1, -0.05) is 13.0 Å². The standard InChI is InChI=1S/C12H15NO5/c1-3-8(2)18-11-5-4-9(7-12(14)15)6-10(11)13(16)17/h4-6,8H,3,7H2,1-2H3,(H,14,15). The molecule has 0 spiro atoms. The van der Waals surface area contributed by atoms with E-state index >= 15 is 0 Å². The second-order valence-corrected chi connectivity index (χ2v) is 3.97. The zero-order chi connectivity index (χ0) is 13.7. The lowest BCUT2D eigenvalue weighted by atomic mass is 10.1. The van der Waals surface area contributed by atoms with Crippen LogP contribution in [0.5, 0.6) is 5.75 Å². The summed E-state index contributed by atoms with van der Waals surface area (Å²) >= 11 is 0. The minimum absolute atomic E-state index is 0.131. The molecule has 1 N–H and O–H groups in total. The van der Waals surface area contributed by atoms with Gasteiger partial charge in [0.15, 0.2) is 5.75 Å². The lowest BCUT2D eigenvalue weighted by molar-refractivity contribution is -0.386. The Kier molecular flexibility index (Phi) is 4.65. The second-order valence-electron chi connectivity index (χ2n) is 3.97. The number of benzene rings is 1. The molecule has 0 radical (unpaired) electrons. The van der Waals surface area contributed by atoms with Gasteiger partial charge in [-0.3, -0.25) is 14.9 Å². The smallest absolute Gasteiger partial charge is 0.311 e. The fourth-order valence-electron chi connectivity index (χ4n) is 1.39. The molecule has 1 aromatic carbocycles. The van der Waals surface area contributed by atoms with E-state index in [4.69, 9.17) is 9.84 Å². The van der Waals surface area contributed by atoms with E-state index < -0.39 is 10.9 Å². The van der Waals surface area contributed by atoms with Crippen LogP contribution in [0.3, 0.4) is 0 Å². The molecule has 0 saturated carbocycles. The van der Waals surface area contributed by atoms with Crippen molar-refractivity contribution in [3.8, 4) is 5.75 Å². The van der Waals surface area contributed by atoms with E-state index in [9.17, 15) is 14.9 Å².